The summed E-state index contributed by atoms with van der Waals surface area (Å²) in [5.41, 5.74) is 3.50. The van der Waals surface area contributed by atoms with E-state index < -0.39 is 6.17 Å². The van der Waals surface area contributed by atoms with Crippen LogP contribution in [0, 0.1) is 12.7 Å². The third kappa shape index (κ3) is 4.20. The summed E-state index contributed by atoms with van der Waals surface area (Å²) in [7, 11) is 0. The Hall–Kier alpha value is -4.17. The van der Waals surface area contributed by atoms with Crippen LogP contribution in [0.1, 0.15) is 23.1 Å². The van der Waals surface area contributed by atoms with Crippen molar-refractivity contribution in [1.82, 2.24) is 10.3 Å². The van der Waals surface area contributed by atoms with Crippen molar-refractivity contribution in [3.8, 4) is 11.3 Å². The number of carbonyl (C=O) groups is 1. The zero-order chi connectivity index (χ0) is 24.6. The van der Waals surface area contributed by atoms with Crippen LogP contribution in [0.2, 0.25) is 0 Å². The Labute approximate surface area is 210 Å². The zero-order valence-electron chi connectivity index (χ0n) is 19.3. The molecule has 0 saturated carbocycles. The van der Waals surface area contributed by atoms with Crippen molar-refractivity contribution in [2.45, 2.75) is 18.8 Å². The summed E-state index contributed by atoms with van der Waals surface area (Å²) < 4.78 is 19.5. The number of thioether (sulfide) groups is 1. The van der Waals surface area contributed by atoms with Gasteiger partial charge in [0.25, 0.3) is 5.91 Å². The number of rotatable bonds is 4. The minimum Gasteiger partial charge on any atom is -0.457 e. The van der Waals surface area contributed by atoms with E-state index in [-0.39, 0.29) is 11.7 Å². The number of hydrogen-bond donors (Lipinski definition) is 1. The van der Waals surface area contributed by atoms with Crippen molar-refractivity contribution in [1.29, 1.82) is 0 Å². The lowest BCUT2D eigenvalue weighted by atomic mass is 10.1. The molecule has 6 nitrogen and oxygen atoms in total. The SMILES string of the molecule is Cc1ccc(CSC2=NN3C(=c4ccccc4=NC3c3ccc(-c4ccc(F)cc4)o3)C(=O)N2)cc1. The van der Waals surface area contributed by atoms with Gasteiger partial charge in [-0.05, 0) is 55.0 Å². The van der Waals surface area contributed by atoms with Gasteiger partial charge in [0.2, 0.25) is 6.17 Å². The highest BCUT2D eigenvalue weighted by atomic mass is 32.2. The summed E-state index contributed by atoms with van der Waals surface area (Å²) >= 11 is 1.45. The van der Waals surface area contributed by atoms with Crippen molar-refractivity contribution in [2.24, 2.45) is 10.1 Å². The molecule has 0 aliphatic carbocycles. The number of nitrogens with one attached hydrogen (secondary N) is 1. The van der Waals surface area contributed by atoms with E-state index in [0.717, 1.165) is 11.1 Å². The molecule has 1 N–H and O–H groups in total. The van der Waals surface area contributed by atoms with E-state index in [1.54, 1.807) is 17.1 Å². The Morgan fingerprint density at radius 1 is 1.00 bits per heavy atom. The van der Waals surface area contributed by atoms with Crippen LogP contribution < -0.4 is 15.9 Å². The fourth-order valence-electron chi connectivity index (χ4n) is 4.17. The number of nitrogens with zero attached hydrogens (tertiary/aromatic N) is 3. The second-order valence-electron chi connectivity index (χ2n) is 8.56. The second-order valence-corrected chi connectivity index (χ2v) is 9.52. The first-order chi connectivity index (χ1) is 17.5. The molecule has 1 aromatic heterocycles. The van der Waals surface area contributed by atoms with Crippen molar-refractivity contribution < 1.29 is 13.6 Å². The van der Waals surface area contributed by atoms with Crippen LogP contribution in [0.3, 0.4) is 0 Å². The fourth-order valence-corrected chi connectivity index (χ4v) is 4.98. The van der Waals surface area contributed by atoms with Crippen LogP contribution in [0.5, 0.6) is 0 Å². The van der Waals surface area contributed by atoms with Crippen LogP contribution in [-0.2, 0) is 10.5 Å². The Balaban J connectivity index is 1.38. The van der Waals surface area contributed by atoms with Gasteiger partial charge in [0, 0.05) is 16.5 Å². The van der Waals surface area contributed by atoms with Gasteiger partial charge >= 0.3 is 0 Å². The van der Waals surface area contributed by atoms with Crippen molar-refractivity contribution >= 4 is 28.5 Å². The monoisotopic (exact) mass is 496 g/mol. The number of furan rings is 1. The number of halogens is 1. The lowest BCUT2D eigenvalue weighted by Crippen LogP contribution is -2.50. The Bertz CT molecular complexity index is 1610. The molecule has 1 amide bonds. The van der Waals surface area contributed by atoms with Crippen molar-refractivity contribution in [3.63, 3.8) is 0 Å². The predicted octanol–water partition coefficient (Wildman–Crippen LogP) is 4.47. The zero-order valence-corrected chi connectivity index (χ0v) is 20.1. The normalized spacial score (nSPS) is 16.6. The van der Waals surface area contributed by atoms with Gasteiger partial charge in [0.05, 0.1) is 5.36 Å². The molecule has 0 radical (unpaired) electrons. The molecule has 4 aromatic rings. The van der Waals surface area contributed by atoms with Crippen LogP contribution in [0.4, 0.5) is 4.39 Å². The number of benzene rings is 3. The number of fused-ring (bicyclic) bond motifs is 2. The molecule has 178 valence electrons. The summed E-state index contributed by atoms with van der Waals surface area (Å²) in [5.74, 6) is 1.22. The predicted molar refractivity (Wildman–Crippen MR) is 137 cm³/mol. The van der Waals surface area contributed by atoms with E-state index in [1.807, 2.05) is 43.3 Å². The largest absolute Gasteiger partial charge is 0.457 e. The molecule has 8 heteroatoms. The highest BCUT2D eigenvalue weighted by Crippen LogP contribution is 2.34. The summed E-state index contributed by atoms with van der Waals surface area (Å²) in [5, 5.41) is 11.2. The van der Waals surface area contributed by atoms with E-state index in [2.05, 4.69) is 29.6 Å². The third-order valence-corrected chi connectivity index (χ3v) is 6.96. The lowest BCUT2D eigenvalue weighted by molar-refractivity contribution is -0.116. The number of hydrogen-bond acceptors (Lipinski definition) is 6. The molecule has 3 heterocycles. The quantitative estimate of drug-likeness (QED) is 0.453. The molecule has 2 aliphatic heterocycles. The van der Waals surface area contributed by atoms with Crippen LogP contribution >= 0.6 is 11.8 Å². The van der Waals surface area contributed by atoms with Crippen molar-refractivity contribution in [3.05, 3.63) is 118 Å². The fraction of sp³-hybridized carbons (Fsp3) is 0.107. The van der Waals surface area contributed by atoms with E-state index >= 15 is 0 Å². The number of hydrazone groups is 1. The van der Waals surface area contributed by atoms with E-state index in [4.69, 9.17) is 14.5 Å². The first-order valence-corrected chi connectivity index (χ1v) is 12.4. The van der Waals surface area contributed by atoms with Crippen LogP contribution in [0.15, 0.2) is 99.4 Å². The van der Waals surface area contributed by atoms with Gasteiger partial charge in [0.1, 0.15) is 17.3 Å². The Morgan fingerprint density at radius 2 is 1.78 bits per heavy atom. The van der Waals surface area contributed by atoms with Gasteiger partial charge in [-0.15, -0.1) is 5.10 Å². The molecule has 1 atom stereocenters. The van der Waals surface area contributed by atoms with Gasteiger partial charge in [-0.3, -0.25) is 10.1 Å². The minimum atomic E-state index is -0.662. The molecule has 6 rings (SSSR count). The maximum absolute atomic E-state index is 13.4. The Kier molecular flexibility index (Phi) is 5.65. The van der Waals surface area contributed by atoms with Crippen molar-refractivity contribution in [2.75, 3.05) is 0 Å². The van der Waals surface area contributed by atoms with Gasteiger partial charge in [0.15, 0.2) is 10.9 Å². The number of para-hydroxylation sites is 1. The first kappa shape index (κ1) is 22.3. The molecule has 3 aromatic carbocycles. The topological polar surface area (TPSA) is 70.2 Å². The molecule has 1 unspecified atom stereocenters. The highest BCUT2D eigenvalue weighted by Gasteiger charge is 2.36. The lowest BCUT2D eigenvalue weighted by Gasteiger charge is -2.32. The molecular weight excluding hydrogens is 475 g/mol. The smallest absolute Gasteiger partial charge is 0.276 e. The summed E-state index contributed by atoms with van der Waals surface area (Å²) in [6, 6.07) is 25.5. The minimum absolute atomic E-state index is 0.242. The van der Waals surface area contributed by atoms with Gasteiger partial charge < -0.3 is 4.42 Å². The van der Waals surface area contributed by atoms with E-state index in [9.17, 15) is 9.18 Å². The average Bonchev–Trinajstić information content (AvgIpc) is 3.38. The number of aryl methyl sites for hydroxylation is 1. The van der Waals surface area contributed by atoms with Crippen LogP contribution in [0.25, 0.3) is 17.0 Å². The maximum Gasteiger partial charge on any atom is 0.276 e. The average molecular weight is 497 g/mol. The molecule has 2 aliphatic rings. The summed E-state index contributed by atoms with van der Waals surface area (Å²) in [6.45, 7) is 2.05. The van der Waals surface area contributed by atoms with Gasteiger partial charge in [-0.1, -0.05) is 59.8 Å². The first-order valence-electron chi connectivity index (χ1n) is 11.5. The maximum atomic E-state index is 13.4. The molecule has 0 fully saturated rings. The van der Waals surface area contributed by atoms with Gasteiger partial charge in [-0.2, -0.15) is 0 Å². The van der Waals surface area contributed by atoms with Gasteiger partial charge in [-0.25, -0.2) is 14.4 Å². The number of amides is 1. The standard InChI is InChI=1S/C28H21FN4O2S/c1-17-6-8-18(9-7-17)16-36-28-31-27(34)25-21-4-2-3-5-22(21)30-26(33(25)32-28)24-15-14-23(35-24)19-10-12-20(29)13-11-19/h2-15,26H,16H2,1H3,(H,31,32,34). The molecule has 0 spiro atoms. The highest BCUT2D eigenvalue weighted by molar-refractivity contribution is 8.13. The number of carbonyl (C=O) groups excluding carboxylic acids is 1. The summed E-state index contributed by atoms with van der Waals surface area (Å²) in [6.07, 6.45) is -0.662. The molecule has 0 saturated heterocycles. The van der Waals surface area contributed by atoms with Crippen LogP contribution in [-0.4, -0.2) is 16.1 Å². The second kappa shape index (κ2) is 9.13. The summed E-state index contributed by atoms with van der Waals surface area (Å²) in [4.78, 5) is 18.2. The van der Waals surface area contributed by atoms with E-state index in [0.29, 0.717) is 38.7 Å². The molecule has 0 bridgehead atoms. The Morgan fingerprint density at radius 3 is 2.58 bits per heavy atom. The number of amidine groups is 1. The third-order valence-electron chi connectivity index (χ3n) is 6.02. The van der Waals surface area contributed by atoms with E-state index in [1.165, 1.54) is 29.5 Å². The molecule has 36 heavy (non-hydrogen) atoms. The molecular formula is C28H21FN4O2S.